The minimum atomic E-state index is -0.262. The molecule has 2 atom stereocenters. The maximum Gasteiger partial charge on any atom is 0.245 e. The maximum atomic E-state index is 13.0. The van der Waals surface area contributed by atoms with Crippen molar-refractivity contribution in [2.45, 2.75) is 31.9 Å². The van der Waals surface area contributed by atoms with Gasteiger partial charge in [-0.3, -0.25) is 9.89 Å². The Morgan fingerprint density at radius 1 is 1.46 bits per heavy atom. The highest BCUT2D eigenvalue weighted by Crippen LogP contribution is 2.29. The molecule has 8 nitrogen and oxygen atoms in total. The van der Waals surface area contributed by atoms with Crippen molar-refractivity contribution < 1.29 is 9.53 Å². The van der Waals surface area contributed by atoms with E-state index in [9.17, 15) is 4.79 Å². The molecule has 2 unspecified atom stereocenters. The lowest BCUT2D eigenvalue weighted by molar-refractivity contribution is -0.140. The normalized spacial score (nSPS) is 24.5. The van der Waals surface area contributed by atoms with Gasteiger partial charge in [-0.15, -0.1) is 11.3 Å². The summed E-state index contributed by atoms with van der Waals surface area (Å²) in [5, 5.41) is 9.88. The number of thiazole rings is 1. The number of ether oxygens (including phenoxy) is 1. The van der Waals surface area contributed by atoms with Crippen LogP contribution < -0.4 is 4.90 Å². The first-order valence-electron chi connectivity index (χ1n) is 8.18. The molecule has 4 heterocycles. The van der Waals surface area contributed by atoms with Crippen LogP contribution in [-0.4, -0.2) is 63.3 Å². The van der Waals surface area contributed by atoms with Crippen LogP contribution >= 0.6 is 11.3 Å². The van der Waals surface area contributed by atoms with Gasteiger partial charge in [0.2, 0.25) is 5.91 Å². The van der Waals surface area contributed by atoms with Crippen LogP contribution in [0.1, 0.15) is 30.6 Å². The highest BCUT2D eigenvalue weighted by Gasteiger charge is 2.37. The third-order valence-electron chi connectivity index (χ3n) is 4.48. The Morgan fingerprint density at radius 2 is 2.38 bits per heavy atom. The van der Waals surface area contributed by atoms with Gasteiger partial charge in [-0.25, -0.2) is 9.97 Å². The number of H-pyrrole nitrogens is 1. The molecule has 0 aromatic carbocycles. The summed E-state index contributed by atoms with van der Waals surface area (Å²) in [5.74, 6) is 1.53. The number of nitrogens with zero attached hydrogens (tertiary/aromatic N) is 5. The topological polar surface area (TPSA) is 87.2 Å². The number of aryl methyl sites for hydroxylation is 1. The summed E-state index contributed by atoms with van der Waals surface area (Å²) in [5.41, 5.74) is 0. The van der Waals surface area contributed by atoms with E-state index in [0.717, 1.165) is 30.3 Å². The highest BCUT2D eigenvalue weighted by atomic mass is 32.1. The van der Waals surface area contributed by atoms with Crippen molar-refractivity contribution >= 4 is 22.4 Å². The number of hydrogen-bond acceptors (Lipinski definition) is 7. The number of carbonyl (C=O) groups is 1. The van der Waals surface area contributed by atoms with Gasteiger partial charge in [0.15, 0.2) is 11.0 Å². The predicted octanol–water partition coefficient (Wildman–Crippen LogP) is 1.14. The number of morpholine rings is 1. The number of nitrogens with one attached hydrogen (secondary N) is 1. The summed E-state index contributed by atoms with van der Waals surface area (Å²) in [6.45, 7) is 4.36. The van der Waals surface area contributed by atoms with Crippen LogP contribution in [0.3, 0.4) is 0 Å². The number of aromatic amines is 1. The molecule has 0 spiro atoms. The molecule has 1 amide bonds. The van der Waals surface area contributed by atoms with Gasteiger partial charge in [-0.1, -0.05) is 0 Å². The van der Waals surface area contributed by atoms with E-state index in [4.69, 9.17) is 4.74 Å². The quantitative estimate of drug-likeness (QED) is 0.895. The Kier molecular flexibility index (Phi) is 4.19. The van der Waals surface area contributed by atoms with Gasteiger partial charge < -0.3 is 14.5 Å². The molecule has 1 N–H and O–H groups in total. The molecule has 0 aliphatic carbocycles. The van der Waals surface area contributed by atoms with Crippen molar-refractivity contribution in [1.29, 1.82) is 0 Å². The van der Waals surface area contributed by atoms with E-state index in [0.29, 0.717) is 25.5 Å². The summed E-state index contributed by atoms with van der Waals surface area (Å²) in [4.78, 5) is 25.8. The van der Waals surface area contributed by atoms with Crippen molar-refractivity contribution in [3.05, 3.63) is 23.2 Å². The lowest BCUT2D eigenvalue weighted by Crippen LogP contribution is -2.50. The SMILES string of the molecule is Cc1nc(C2CN(C(=O)C3CCCN3c3nccs3)CCO2)n[nH]1. The number of anilines is 1. The number of amides is 1. The van der Waals surface area contributed by atoms with Crippen LogP contribution in [0.5, 0.6) is 0 Å². The van der Waals surface area contributed by atoms with E-state index in [1.54, 1.807) is 17.5 Å². The third-order valence-corrected chi connectivity index (χ3v) is 5.29. The van der Waals surface area contributed by atoms with Crippen LogP contribution in [0.25, 0.3) is 0 Å². The number of hydrogen-bond donors (Lipinski definition) is 1. The summed E-state index contributed by atoms with van der Waals surface area (Å²) in [7, 11) is 0. The van der Waals surface area contributed by atoms with E-state index < -0.39 is 0 Å². The van der Waals surface area contributed by atoms with Crippen molar-refractivity contribution in [3.63, 3.8) is 0 Å². The standard InChI is InChI=1S/C15H20N6O2S/c1-10-17-13(19-18-10)12-9-20(6-7-23-12)14(22)11-3-2-5-21(11)15-16-4-8-24-15/h4,8,11-12H,2-3,5-7,9H2,1H3,(H,17,18,19). The zero-order chi connectivity index (χ0) is 16.5. The second-order valence-corrected chi connectivity index (χ2v) is 6.96. The van der Waals surface area contributed by atoms with E-state index >= 15 is 0 Å². The van der Waals surface area contributed by atoms with E-state index in [2.05, 4.69) is 25.1 Å². The second-order valence-electron chi connectivity index (χ2n) is 6.09. The lowest BCUT2D eigenvalue weighted by atomic mass is 10.1. The molecule has 2 aliphatic rings. The fraction of sp³-hybridized carbons (Fsp3) is 0.600. The molecule has 0 radical (unpaired) electrons. The zero-order valence-electron chi connectivity index (χ0n) is 13.5. The first kappa shape index (κ1) is 15.5. The first-order chi connectivity index (χ1) is 11.7. The van der Waals surface area contributed by atoms with Crippen molar-refractivity contribution in [3.8, 4) is 0 Å². The molecule has 0 saturated carbocycles. The van der Waals surface area contributed by atoms with Gasteiger partial charge in [0.25, 0.3) is 0 Å². The number of rotatable bonds is 3. The molecule has 2 saturated heterocycles. The zero-order valence-corrected chi connectivity index (χ0v) is 14.3. The summed E-state index contributed by atoms with van der Waals surface area (Å²) in [6.07, 6.45) is 3.42. The fourth-order valence-electron chi connectivity index (χ4n) is 3.33. The monoisotopic (exact) mass is 348 g/mol. The predicted molar refractivity (Wildman–Crippen MR) is 88.9 cm³/mol. The minimum Gasteiger partial charge on any atom is -0.366 e. The highest BCUT2D eigenvalue weighted by molar-refractivity contribution is 7.13. The van der Waals surface area contributed by atoms with E-state index in [1.165, 1.54) is 0 Å². The summed E-state index contributed by atoms with van der Waals surface area (Å²) >= 11 is 1.58. The van der Waals surface area contributed by atoms with Crippen LogP contribution in [0.2, 0.25) is 0 Å². The Balaban J connectivity index is 1.47. The molecule has 128 valence electrons. The Bertz CT molecular complexity index is 703. The maximum absolute atomic E-state index is 13.0. The third kappa shape index (κ3) is 2.89. The molecule has 24 heavy (non-hydrogen) atoms. The van der Waals surface area contributed by atoms with Crippen LogP contribution in [-0.2, 0) is 9.53 Å². The van der Waals surface area contributed by atoms with Crippen LogP contribution in [0, 0.1) is 6.92 Å². The second kappa shape index (κ2) is 6.48. The first-order valence-corrected chi connectivity index (χ1v) is 9.06. The van der Waals surface area contributed by atoms with E-state index in [-0.39, 0.29) is 18.1 Å². The molecular formula is C15H20N6O2S. The Hall–Kier alpha value is -2.00. The van der Waals surface area contributed by atoms with Crippen molar-refractivity contribution in [2.24, 2.45) is 0 Å². The van der Waals surface area contributed by atoms with E-state index in [1.807, 2.05) is 17.2 Å². The molecule has 2 aliphatic heterocycles. The molecule has 4 rings (SSSR count). The minimum absolute atomic E-state index is 0.122. The lowest BCUT2D eigenvalue weighted by Gasteiger charge is -2.35. The fourth-order valence-corrected chi connectivity index (χ4v) is 4.05. The Labute approximate surface area is 143 Å². The number of aromatic nitrogens is 4. The molecule has 9 heteroatoms. The smallest absolute Gasteiger partial charge is 0.245 e. The molecular weight excluding hydrogens is 328 g/mol. The Morgan fingerprint density at radius 3 is 3.12 bits per heavy atom. The summed E-state index contributed by atoms with van der Waals surface area (Å²) < 4.78 is 5.76. The molecule has 0 bridgehead atoms. The van der Waals surface area contributed by atoms with Gasteiger partial charge in [0, 0.05) is 24.7 Å². The van der Waals surface area contributed by atoms with Crippen molar-refractivity contribution in [1.82, 2.24) is 25.1 Å². The van der Waals surface area contributed by atoms with Gasteiger partial charge in [0.05, 0.1) is 13.2 Å². The molecule has 2 aromatic heterocycles. The van der Waals surface area contributed by atoms with Crippen LogP contribution in [0.15, 0.2) is 11.6 Å². The average molecular weight is 348 g/mol. The van der Waals surface area contributed by atoms with Gasteiger partial charge in [-0.05, 0) is 19.8 Å². The summed E-state index contributed by atoms with van der Waals surface area (Å²) in [6, 6.07) is -0.122. The van der Waals surface area contributed by atoms with Gasteiger partial charge >= 0.3 is 0 Å². The number of carbonyl (C=O) groups excluding carboxylic acids is 1. The average Bonchev–Trinajstić information content (AvgIpc) is 3.34. The molecule has 2 aromatic rings. The largest absolute Gasteiger partial charge is 0.366 e. The van der Waals surface area contributed by atoms with Crippen LogP contribution in [0.4, 0.5) is 5.13 Å². The van der Waals surface area contributed by atoms with Gasteiger partial charge in [-0.2, -0.15) is 5.10 Å². The molecule has 2 fully saturated rings. The van der Waals surface area contributed by atoms with Gasteiger partial charge in [0.1, 0.15) is 18.0 Å². The van der Waals surface area contributed by atoms with Crippen molar-refractivity contribution in [2.75, 3.05) is 31.1 Å².